The number of nitrogens with one attached hydrogen (secondary N) is 1. The fraction of sp³-hybridized carbons (Fsp3) is 0.439. The summed E-state index contributed by atoms with van der Waals surface area (Å²) in [6.07, 6.45) is 4.67. The Kier molecular flexibility index (Phi) is 16.4. The molecular formula is C41H61N3O5S. The summed E-state index contributed by atoms with van der Waals surface area (Å²) >= 11 is 0. The number of ether oxygens (including phenoxy) is 2. The molecule has 276 valence electrons. The van der Waals surface area contributed by atoms with Crippen LogP contribution in [0.15, 0.2) is 107 Å². The van der Waals surface area contributed by atoms with E-state index in [1.54, 1.807) is 18.0 Å². The molecule has 50 heavy (non-hydrogen) atoms. The highest BCUT2D eigenvalue weighted by molar-refractivity contribution is 8.34. The Bertz CT molecular complexity index is 1540. The maximum Gasteiger partial charge on any atom is 0.410 e. The molecule has 1 aliphatic rings. The van der Waals surface area contributed by atoms with Crippen molar-refractivity contribution >= 4 is 33.3 Å². The molecule has 1 saturated heterocycles. The molecule has 4 aromatic rings. The predicted octanol–water partition coefficient (Wildman–Crippen LogP) is 9.05. The van der Waals surface area contributed by atoms with E-state index in [4.69, 9.17) is 14.6 Å². The molecule has 3 aromatic carbocycles. The highest BCUT2D eigenvalue weighted by atomic mass is 32.3. The van der Waals surface area contributed by atoms with Crippen LogP contribution in [0.25, 0.3) is 10.8 Å². The van der Waals surface area contributed by atoms with Crippen molar-refractivity contribution in [3.63, 3.8) is 0 Å². The molecule has 9 heteroatoms. The Morgan fingerprint density at radius 1 is 0.880 bits per heavy atom. The molecule has 0 atom stereocenters. The number of amides is 2. The Labute approximate surface area is 303 Å². The molecule has 0 aliphatic carbocycles. The lowest BCUT2D eigenvalue weighted by atomic mass is 9.95. The van der Waals surface area contributed by atoms with Gasteiger partial charge in [0.05, 0.1) is 24.4 Å². The summed E-state index contributed by atoms with van der Waals surface area (Å²) in [5.41, 5.74) is 0.0237. The number of carbonyl (C=O) groups excluding carboxylic acids is 2. The van der Waals surface area contributed by atoms with Gasteiger partial charge < -0.3 is 24.8 Å². The summed E-state index contributed by atoms with van der Waals surface area (Å²) in [4.78, 5) is 31.0. The van der Waals surface area contributed by atoms with Crippen molar-refractivity contribution in [1.29, 1.82) is 0 Å². The Morgan fingerprint density at radius 3 is 1.82 bits per heavy atom. The Balaban J connectivity index is 0.000000369. The van der Waals surface area contributed by atoms with Crippen LogP contribution in [0.4, 0.5) is 4.79 Å². The minimum absolute atomic E-state index is 0. The second-order valence-corrected chi connectivity index (χ2v) is 18.3. The molecular weight excluding hydrogens is 647 g/mol. The first-order valence-corrected chi connectivity index (χ1v) is 19.2. The number of aliphatic hydroxyl groups is 1. The molecule has 0 spiro atoms. The van der Waals surface area contributed by atoms with Gasteiger partial charge in [-0.25, -0.2) is 4.79 Å². The molecule has 1 aliphatic heterocycles. The maximum absolute atomic E-state index is 11.5. The summed E-state index contributed by atoms with van der Waals surface area (Å²) in [5.74, 6) is 0. The largest absolute Gasteiger partial charge is 0.444 e. The number of aromatic nitrogens is 1. The molecule has 1 fully saturated rings. The van der Waals surface area contributed by atoms with Gasteiger partial charge in [0.2, 0.25) is 6.41 Å². The van der Waals surface area contributed by atoms with Gasteiger partial charge in [-0.05, 0) is 98.1 Å². The zero-order chi connectivity index (χ0) is 37.4. The van der Waals surface area contributed by atoms with E-state index in [0.29, 0.717) is 32.7 Å². The van der Waals surface area contributed by atoms with Crippen LogP contribution < -0.4 is 5.32 Å². The molecule has 2 N–H and O–H groups in total. The molecule has 0 saturated carbocycles. The summed E-state index contributed by atoms with van der Waals surface area (Å²) in [6, 6.07) is 31.9. The van der Waals surface area contributed by atoms with Crippen molar-refractivity contribution in [2.24, 2.45) is 0 Å². The second kappa shape index (κ2) is 19.5. The first-order valence-electron chi connectivity index (χ1n) is 17.1. The topological polar surface area (TPSA) is 101 Å². The number of nitrogens with zero attached hydrogens (tertiary/aromatic N) is 2. The zero-order valence-corrected chi connectivity index (χ0v) is 32.5. The van der Waals surface area contributed by atoms with Crippen LogP contribution in [-0.4, -0.2) is 77.0 Å². The van der Waals surface area contributed by atoms with Gasteiger partial charge in [-0.3, -0.25) is 9.78 Å². The summed E-state index contributed by atoms with van der Waals surface area (Å²) in [7, 11) is -1.01. The van der Waals surface area contributed by atoms with Gasteiger partial charge >= 0.3 is 6.09 Å². The molecule has 0 unspecified atom stereocenters. The van der Waals surface area contributed by atoms with Gasteiger partial charge in [-0.1, -0.05) is 81.4 Å². The zero-order valence-electron chi connectivity index (χ0n) is 31.7. The van der Waals surface area contributed by atoms with Crippen LogP contribution in [0.5, 0.6) is 0 Å². The SMILES string of the molecule is CC(C)(C)OC(=O)N1CCOCC1.CC(C)(C)S(C)(c1ccccc1)c1ccccc1.CC(C)(NC=O)c1nccc2ccccc12.CCO.[HH]. The lowest BCUT2D eigenvalue weighted by Crippen LogP contribution is -2.43. The predicted molar refractivity (Wildman–Crippen MR) is 210 cm³/mol. The Hall–Kier alpha value is -3.92. The van der Waals surface area contributed by atoms with Crippen LogP contribution in [0, 0.1) is 0 Å². The van der Waals surface area contributed by atoms with Gasteiger partial charge in [0, 0.05) is 32.7 Å². The fourth-order valence-electron chi connectivity index (χ4n) is 5.13. The van der Waals surface area contributed by atoms with Gasteiger partial charge in [0.15, 0.2) is 0 Å². The van der Waals surface area contributed by atoms with E-state index in [1.165, 1.54) is 9.79 Å². The van der Waals surface area contributed by atoms with Crippen LogP contribution in [-0.2, 0) is 19.8 Å². The average molecular weight is 708 g/mol. The summed E-state index contributed by atoms with van der Waals surface area (Å²) in [5, 5.41) is 12.6. The van der Waals surface area contributed by atoms with Crippen LogP contribution >= 0.6 is 10.0 Å². The maximum atomic E-state index is 11.5. The van der Waals surface area contributed by atoms with Gasteiger partial charge in [0.1, 0.15) is 5.60 Å². The third kappa shape index (κ3) is 12.4. The van der Waals surface area contributed by atoms with Crippen LogP contribution in [0.2, 0.25) is 0 Å². The fourth-order valence-corrected chi connectivity index (χ4v) is 8.22. The number of pyridine rings is 1. The quantitative estimate of drug-likeness (QED) is 0.201. The van der Waals surface area contributed by atoms with Crippen molar-refractivity contribution in [3.05, 3.63) is 103 Å². The summed E-state index contributed by atoms with van der Waals surface area (Å²) < 4.78 is 10.6. The second-order valence-electron chi connectivity index (χ2n) is 14.3. The van der Waals surface area contributed by atoms with Crippen LogP contribution in [0.3, 0.4) is 0 Å². The number of aliphatic hydroxyl groups excluding tert-OH is 1. The summed E-state index contributed by atoms with van der Waals surface area (Å²) in [6.45, 7) is 20.9. The minimum atomic E-state index is -1.01. The normalized spacial score (nSPS) is 13.6. The number of morpholine rings is 1. The van der Waals surface area contributed by atoms with Crippen LogP contribution in [0.1, 0.15) is 69.4 Å². The molecule has 1 aromatic heterocycles. The first-order chi connectivity index (χ1) is 23.5. The van der Waals surface area contributed by atoms with Crippen molar-refractivity contribution in [2.75, 3.05) is 39.2 Å². The number of hydrogen-bond donors (Lipinski definition) is 2. The van der Waals surface area contributed by atoms with Crippen molar-refractivity contribution in [1.82, 2.24) is 15.2 Å². The number of hydrogen-bond acceptors (Lipinski definition) is 6. The standard InChI is InChI=1S/C17H22S.C13H14N2O.C9H17NO3.C2H6O.H2/c1-17(2,3)18(4,15-11-7-5-8-12-15)16-13-9-6-10-14-16;1-13(2,15-9-16)12-11-6-4-3-5-10(11)7-8-14-12;1-9(2,3)13-8(11)10-4-6-12-7-5-10;1-2-3;/h5-14H,1-4H3;3-9H,1-2H3,(H,15,16);4-7H2,1-3H3;3H,2H2,1H3;1H. The number of fused-ring (bicyclic) bond motifs is 1. The minimum Gasteiger partial charge on any atom is -0.444 e. The highest BCUT2D eigenvalue weighted by Crippen LogP contribution is 2.67. The number of benzene rings is 3. The smallest absolute Gasteiger partial charge is 0.410 e. The van der Waals surface area contributed by atoms with E-state index < -0.39 is 21.2 Å². The Morgan fingerprint density at radius 2 is 1.36 bits per heavy atom. The molecule has 2 amide bonds. The lowest BCUT2D eigenvalue weighted by Gasteiger charge is -2.48. The molecule has 8 nitrogen and oxygen atoms in total. The van der Waals surface area contributed by atoms with Crippen molar-refractivity contribution in [3.8, 4) is 0 Å². The van der Waals surface area contributed by atoms with E-state index in [1.807, 2.05) is 65.0 Å². The van der Waals surface area contributed by atoms with E-state index >= 15 is 0 Å². The first kappa shape index (κ1) is 42.2. The lowest BCUT2D eigenvalue weighted by molar-refractivity contribution is -0.111. The monoisotopic (exact) mass is 707 g/mol. The van der Waals surface area contributed by atoms with E-state index in [2.05, 4.69) is 98.0 Å². The van der Waals surface area contributed by atoms with Gasteiger partial charge in [0.25, 0.3) is 0 Å². The van der Waals surface area contributed by atoms with Gasteiger partial charge in [-0.15, -0.1) is 0 Å². The average Bonchev–Trinajstić information content (AvgIpc) is 3.08. The highest BCUT2D eigenvalue weighted by Gasteiger charge is 2.35. The molecule has 0 radical (unpaired) electrons. The number of rotatable bonds is 5. The van der Waals surface area contributed by atoms with E-state index in [-0.39, 0.29) is 18.9 Å². The van der Waals surface area contributed by atoms with Crippen molar-refractivity contribution in [2.45, 2.75) is 88.0 Å². The van der Waals surface area contributed by atoms with E-state index in [0.717, 1.165) is 16.5 Å². The molecule has 0 bridgehead atoms. The van der Waals surface area contributed by atoms with Gasteiger partial charge in [-0.2, -0.15) is 10.0 Å². The molecule has 2 heterocycles. The van der Waals surface area contributed by atoms with E-state index in [9.17, 15) is 9.59 Å². The van der Waals surface area contributed by atoms with Crippen molar-refractivity contribution < 1.29 is 25.6 Å². The number of carbonyl (C=O) groups is 2. The third-order valence-electron chi connectivity index (χ3n) is 8.00. The molecule has 5 rings (SSSR count). The third-order valence-corrected chi connectivity index (χ3v) is 12.9.